The third-order valence-electron chi connectivity index (χ3n) is 2.62. The standard InChI is InChI=1S/C9H13N3O2S/c10-15(13,14)12-7-1-2-9(12)8-3-5-11-6-4-8/h3-6,9H,1-2,7H2,(H2,10,13,14). The zero-order valence-corrected chi connectivity index (χ0v) is 9.02. The minimum atomic E-state index is -3.59. The van der Waals surface area contributed by atoms with E-state index in [1.165, 1.54) is 4.31 Å². The molecule has 6 heteroatoms. The second-order valence-corrected chi connectivity index (χ2v) is 5.09. The Labute approximate surface area is 89.1 Å². The number of nitrogens with zero attached hydrogens (tertiary/aromatic N) is 2. The van der Waals surface area contributed by atoms with Gasteiger partial charge in [0.1, 0.15) is 0 Å². The predicted molar refractivity (Wildman–Crippen MR) is 56.0 cm³/mol. The van der Waals surface area contributed by atoms with Crippen molar-refractivity contribution >= 4 is 10.2 Å². The van der Waals surface area contributed by atoms with Crippen LogP contribution in [0.25, 0.3) is 0 Å². The lowest BCUT2D eigenvalue weighted by molar-refractivity contribution is 0.397. The van der Waals surface area contributed by atoms with Gasteiger partial charge in [0.15, 0.2) is 0 Å². The van der Waals surface area contributed by atoms with Gasteiger partial charge in [0.05, 0.1) is 6.04 Å². The van der Waals surface area contributed by atoms with E-state index in [1.807, 2.05) is 12.1 Å². The van der Waals surface area contributed by atoms with E-state index in [9.17, 15) is 8.42 Å². The van der Waals surface area contributed by atoms with Gasteiger partial charge in [-0.2, -0.15) is 12.7 Å². The van der Waals surface area contributed by atoms with Crippen molar-refractivity contribution in [2.24, 2.45) is 5.14 Å². The summed E-state index contributed by atoms with van der Waals surface area (Å²) in [7, 11) is -3.59. The van der Waals surface area contributed by atoms with Gasteiger partial charge in [-0.3, -0.25) is 4.98 Å². The molecule has 2 rings (SSSR count). The Morgan fingerprint density at radius 1 is 1.40 bits per heavy atom. The molecule has 0 saturated carbocycles. The van der Waals surface area contributed by atoms with Crippen LogP contribution in [-0.2, 0) is 10.2 Å². The molecule has 0 aliphatic carbocycles. The Bertz CT molecular complexity index is 432. The van der Waals surface area contributed by atoms with Crippen molar-refractivity contribution in [3.8, 4) is 0 Å². The van der Waals surface area contributed by atoms with Gasteiger partial charge in [-0.05, 0) is 30.5 Å². The molecule has 1 aliphatic rings. The highest BCUT2D eigenvalue weighted by atomic mass is 32.2. The molecule has 0 spiro atoms. The van der Waals surface area contributed by atoms with E-state index in [1.54, 1.807) is 12.4 Å². The molecule has 5 nitrogen and oxygen atoms in total. The number of hydrogen-bond donors (Lipinski definition) is 1. The average Bonchev–Trinajstić information content (AvgIpc) is 2.67. The molecule has 2 N–H and O–H groups in total. The van der Waals surface area contributed by atoms with E-state index < -0.39 is 10.2 Å². The first-order valence-corrected chi connectivity index (χ1v) is 6.29. The van der Waals surface area contributed by atoms with Gasteiger partial charge in [-0.25, -0.2) is 5.14 Å². The summed E-state index contributed by atoms with van der Waals surface area (Å²) in [5.41, 5.74) is 0.955. The van der Waals surface area contributed by atoms with Gasteiger partial charge in [0.25, 0.3) is 10.2 Å². The number of rotatable bonds is 2. The van der Waals surface area contributed by atoms with Crippen molar-refractivity contribution < 1.29 is 8.42 Å². The number of pyridine rings is 1. The Balaban J connectivity index is 2.30. The summed E-state index contributed by atoms with van der Waals surface area (Å²) in [5.74, 6) is 0. The molecule has 0 bridgehead atoms. The molecular formula is C9H13N3O2S. The molecule has 15 heavy (non-hydrogen) atoms. The lowest BCUT2D eigenvalue weighted by Gasteiger charge is -2.21. The zero-order chi connectivity index (χ0) is 10.9. The van der Waals surface area contributed by atoms with Crippen LogP contribution in [0.4, 0.5) is 0 Å². The first-order valence-electron chi connectivity index (χ1n) is 4.78. The van der Waals surface area contributed by atoms with Crippen molar-refractivity contribution in [3.63, 3.8) is 0 Å². The van der Waals surface area contributed by atoms with E-state index in [2.05, 4.69) is 4.98 Å². The van der Waals surface area contributed by atoms with Crippen molar-refractivity contribution in [3.05, 3.63) is 30.1 Å². The van der Waals surface area contributed by atoms with E-state index in [-0.39, 0.29) is 6.04 Å². The van der Waals surface area contributed by atoms with Crippen LogP contribution in [0.1, 0.15) is 24.4 Å². The summed E-state index contributed by atoms with van der Waals surface area (Å²) in [4.78, 5) is 3.90. The molecule has 1 saturated heterocycles. The van der Waals surface area contributed by atoms with Crippen LogP contribution < -0.4 is 5.14 Å². The number of hydrogen-bond acceptors (Lipinski definition) is 3. The normalized spacial score (nSPS) is 23.1. The van der Waals surface area contributed by atoms with Crippen molar-refractivity contribution in [1.29, 1.82) is 0 Å². The number of nitrogens with two attached hydrogens (primary N) is 1. The van der Waals surface area contributed by atoms with Crippen molar-refractivity contribution in [2.45, 2.75) is 18.9 Å². The average molecular weight is 227 g/mol. The van der Waals surface area contributed by atoms with E-state index in [0.717, 1.165) is 18.4 Å². The quantitative estimate of drug-likeness (QED) is 0.795. The fraction of sp³-hybridized carbons (Fsp3) is 0.444. The first-order chi connectivity index (χ1) is 7.09. The van der Waals surface area contributed by atoms with Crippen LogP contribution in [0, 0.1) is 0 Å². The van der Waals surface area contributed by atoms with Crippen LogP contribution in [0.5, 0.6) is 0 Å². The van der Waals surface area contributed by atoms with Gasteiger partial charge in [0.2, 0.25) is 0 Å². The van der Waals surface area contributed by atoms with Gasteiger partial charge < -0.3 is 0 Å². The Hall–Kier alpha value is -0.980. The fourth-order valence-corrected chi connectivity index (χ4v) is 2.93. The van der Waals surface area contributed by atoms with Gasteiger partial charge in [0, 0.05) is 18.9 Å². The molecule has 1 aromatic rings. The highest BCUT2D eigenvalue weighted by Gasteiger charge is 2.32. The van der Waals surface area contributed by atoms with Crippen LogP contribution in [0.2, 0.25) is 0 Å². The third-order valence-corrected chi connectivity index (χ3v) is 3.71. The molecule has 1 aromatic heterocycles. The molecule has 1 fully saturated rings. The maximum atomic E-state index is 11.3. The maximum absolute atomic E-state index is 11.3. The molecule has 82 valence electrons. The minimum absolute atomic E-state index is 0.122. The number of aromatic nitrogens is 1. The third kappa shape index (κ3) is 2.17. The molecule has 1 aliphatic heterocycles. The monoisotopic (exact) mass is 227 g/mol. The molecular weight excluding hydrogens is 214 g/mol. The Morgan fingerprint density at radius 2 is 2.07 bits per heavy atom. The molecule has 1 atom stereocenters. The molecule has 0 aromatic carbocycles. The zero-order valence-electron chi connectivity index (χ0n) is 8.20. The fourth-order valence-electron chi connectivity index (χ4n) is 1.96. The minimum Gasteiger partial charge on any atom is -0.265 e. The smallest absolute Gasteiger partial charge is 0.265 e. The Morgan fingerprint density at radius 3 is 2.67 bits per heavy atom. The van der Waals surface area contributed by atoms with Crippen LogP contribution in [0.3, 0.4) is 0 Å². The first kappa shape index (κ1) is 10.5. The van der Waals surface area contributed by atoms with Crippen LogP contribution in [0.15, 0.2) is 24.5 Å². The molecule has 2 heterocycles. The van der Waals surface area contributed by atoms with Crippen molar-refractivity contribution in [2.75, 3.05) is 6.54 Å². The maximum Gasteiger partial charge on any atom is 0.277 e. The lowest BCUT2D eigenvalue weighted by atomic mass is 10.1. The topological polar surface area (TPSA) is 76.3 Å². The highest BCUT2D eigenvalue weighted by Crippen LogP contribution is 2.32. The van der Waals surface area contributed by atoms with Crippen molar-refractivity contribution in [1.82, 2.24) is 9.29 Å². The SMILES string of the molecule is NS(=O)(=O)N1CCCC1c1ccncc1. The van der Waals surface area contributed by atoms with E-state index in [0.29, 0.717) is 6.54 Å². The second kappa shape index (κ2) is 3.88. The van der Waals surface area contributed by atoms with Crippen LogP contribution >= 0.6 is 0 Å². The molecule has 0 radical (unpaired) electrons. The lowest BCUT2D eigenvalue weighted by Crippen LogP contribution is -2.36. The summed E-state index contributed by atoms with van der Waals surface area (Å²) in [6.45, 7) is 0.506. The highest BCUT2D eigenvalue weighted by molar-refractivity contribution is 7.86. The molecule has 0 amide bonds. The van der Waals surface area contributed by atoms with Gasteiger partial charge >= 0.3 is 0 Å². The predicted octanol–water partition coefficient (Wildman–Crippen LogP) is 0.422. The van der Waals surface area contributed by atoms with E-state index >= 15 is 0 Å². The summed E-state index contributed by atoms with van der Waals surface area (Å²) in [6, 6.07) is 3.53. The Kier molecular flexibility index (Phi) is 2.72. The van der Waals surface area contributed by atoms with Gasteiger partial charge in [-0.15, -0.1) is 0 Å². The summed E-state index contributed by atoms with van der Waals surface area (Å²) in [6.07, 6.45) is 4.99. The van der Waals surface area contributed by atoms with Crippen LogP contribution in [-0.4, -0.2) is 24.3 Å². The second-order valence-electron chi connectivity index (χ2n) is 3.59. The summed E-state index contributed by atoms with van der Waals surface area (Å²) in [5, 5.41) is 5.15. The summed E-state index contributed by atoms with van der Waals surface area (Å²) >= 11 is 0. The largest absolute Gasteiger partial charge is 0.277 e. The van der Waals surface area contributed by atoms with E-state index in [4.69, 9.17) is 5.14 Å². The molecule has 1 unspecified atom stereocenters. The van der Waals surface area contributed by atoms with Gasteiger partial charge in [-0.1, -0.05) is 0 Å². The summed E-state index contributed by atoms with van der Waals surface area (Å²) < 4.78 is 24.0.